The largest absolute Gasteiger partial charge is 0.465 e. The van der Waals surface area contributed by atoms with Crippen molar-refractivity contribution in [3.8, 4) is 0 Å². The summed E-state index contributed by atoms with van der Waals surface area (Å²) in [6, 6.07) is 0. The van der Waals surface area contributed by atoms with Crippen molar-refractivity contribution in [2.24, 2.45) is 10.8 Å². The molecule has 2 N–H and O–H groups in total. The summed E-state index contributed by atoms with van der Waals surface area (Å²) in [5, 5.41) is 20.8. The average Bonchev–Trinajstić information content (AvgIpc) is 3.04. The summed E-state index contributed by atoms with van der Waals surface area (Å²) in [4.78, 5) is 49.5. The first-order valence-corrected chi connectivity index (χ1v) is 17.1. The van der Waals surface area contributed by atoms with Gasteiger partial charge in [0.1, 0.15) is 26.4 Å². The molecular formula is C34H62O11. The van der Waals surface area contributed by atoms with Crippen molar-refractivity contribution in [2.45, 2.75) is 130 Å². The van der Waals surface area contributed by atoms with E-state index in [1.54, 1.807) is 0 Å². The maximum absolute atomic E-state index is 12.4. The van der Waals surface area contributed by atoms with Crippen LogP contribution in [-0.2, 0) is 42.9 Å². The third-order valence-electron chi connectivity index (χ3n) is 7.58. The molecule has 0 spiro atoms. The third-order valence-corrected chi connectivity index (χ3v) is 7.58. The van der Waals surface area contributed by atoms with Crippen molar-refractivity contribution in [2.75, 3.05) is 52.9 Å². The average molecular weight is 647 g/mol. The van der Waals surface area contributed by atoms with E-state index in [0.29, 0.717) is 25.7 Å². The van der Waals surface area contributed by atoms with Gasteiger partial charge in [-0.25, -0.2) is 0 Å². The molecule has 11 heteroatoms. The lowest BCUT2D eigenvalue weighted by atomic mass is 9.90. The second kappa shape index (κ2) is 26.9. The smallest absolute Gasteiger partial charge is 0.305 e. The van der Waals surface area contributed by atoms with Crippen molar-refractivity contribution >= 4 is 23.9 Å². The topological polar surface area (TPSA) is 155 Å². The molecular weight excluding hydrogens is 584 g/mol. The molecule has 0 saturated carbocycles. The van der Waals surface area contributed by atoms with Crippen molar-refractivity contribution < 1.29 is 53.1 Å². The Bertz CT molecular complexity index is 683. The predicted octanol–water partition coefficient (Wildman–Crippen LogP) is 5.45. The van der Waals surface area contributed by atoms with Gasteiger partial charge in [-0.15, -0.1) is 0 Å². The Balaban J connectivity index is 5.66. The number of esters is 4. The van der Waals surface area contributed by atoms with E-state index in [9.17, 15) is 29.4 Å². The molecule has 0 amide bonds. The molecule has 0 unspecified atom stereocenters. The van der Waals surface area contributed by atoms with Gasteiger partial charge >= 0.3 is 23.9 Å². The molecule has 45 heavy (non-hydrogen) atoms. The van der Waals surface area contributed by atoms with Crippen LogP contribution in [0.2, 0.25) is 0 Å². The van der Waals surface area contributed by atoms with Crippen molar-refractivity contribution in [3.63, 3.8) is 0 Å². The second-order valence-electron chi connectivity index (χ2n) is 12.3. The van der Waals surface area contributed by atoms with Gasteiger partial charge in [-0.05, 0) is 25.7 Å². The van der Waals surface area contributed by atoms with E-state index in [0.717, 1.165) is 51.4 Å². The number of ether oxygens (including phenoxy) is 5. The second-order valence-corrected chi connectivity index (χ2v) is 12.3. The molecule has 0 aromatic rings. The summed E-state index contributed by atoms with van der Waals surface area (Å²) >= 11 is 0. The zero-order chi connectivity index (χ0) is 33.8. The van der Waals surface area contributed by atoms with Gasteiger partial charge in [0.15, 0.2) is 0 Å². The number of carbonyl (C=O) groups excluding carboxylic acids is 4. The summed E-state index contributed by atoms with van der Waals surface area (Å²) in [6.07, 6.45) is 11.0. The number of hydrogen-bond acceptors (Lipinski definition) is 11. The van der Waals surface area contributed by atoms with E-state index >= 15 is 0 Å². The van der Waals surface area contributed by atoms with Gasteiger partial charge in [-0.2, -0.15) is 0 Å². The van der Waals surface area contributed by atoms with Gasteiger partial charge in [0.05, 0.1) is 37.3 Å². The lowest BCUT2D eigenvalue weighted by molar-refractivity contribution is -0.168. The summed E-state index contributed by atoms with van der Waals surface area (Å²) < 4.78 is 27.9. The van der Waals surface area contributed by atoms with E-state index in [-0.39, 0.29) is 65.3 Å². The van der Waals surface area contributed by atoms with Crippen LogP contribution >= 0.6 is 0 Å². The molecule has 0 rings (SSSR count). The maximum Gasteiger partial charge on any atom is 0.305 e. The Morgan fingerprint density at radius 1 is 0.422 bits per heavy atom. The molecule has 0 fully saturated rings. The van der Waals surface area contributed by atoms with Crippen LogP contribution in [0.1, 0.15) is 130 Å². The standard InChI is InChI=1S/C34H62O11/c1-5-9-13-17-29(37)42-25-33(21-35,26-43-30(38)18-14-10-6-2)23-41-24-34(22-36,27-44-31(39)19-15-11-7-3)28-45-32(40)20-16-12-8-4/h35-36H,5-28H2,1-4H3. The minimum absolute atomic E-state index is 0.204. The zero-order valence-electron chi connectivity index (χ0n) is 28.5. The Labute approximate surface area is 271 Å². The lowest BCUT2D eigenvalue weighted by Crippen LogP contribution is -2.46. The van der Waals surface area contributed by atoms with Crippen molar-refractivity contribution in [1.29, 1.82) is 0 Å². The summed E-state index contributed by atoms with van der Waals surface area (Å²) in [5.41, 5.74) is -2.54. The van der Waals surface area contributed by atoms with Crippen LogP contribution in [0, 0.1) is 10.8 Å². The van der Waals surface area contributed by atoms with Gasteiger partial charge in [0.2, 0.25) is 0 Å². The number of aliphatic hydroxyl groups excluding tert-OH is 2. The van der Waals surface area contributed by atoms with E-state index in [1.165, 1.54) is 0 Å². The minimum Gasteiger partial charge on any atom is -0.465 e. The van der Waals surface area contributed by atoms with Gasteiger partial charge < -0.3 is 33.9 Å². The highest BCUT2D eigenvalue weighted by Gasteiger charge is 2.38. The van der Waals surface area contributed by atoms with Crippen molar-refractivity contribution in [1.82, 2.24) is 0 Å². The van der Waals surface area contributed by atoms with Crippen molar-refractivity contribution in [3.05, 3.63) is 0 Å². The molecule has 0 aromatic carbocycles. The molecule has 264 valence electrons. The maximum atomic E-state index is 12.4. The molecule has 0 aliphatic carbocycles. The normalized spacial score (nSPS) is 11.7. The summed E-state index contributed by atoms with van der Waals surface area (Å²) in [5.74, 6) is -1.70. The molecule has 0 aliphatic heterocycles. The lowest BCUT2D eigenvalue weighted by Gasteiger charge is -2.34. The first-order valence-electron chi connectivity index (χ1n) is 17.1. The molecule has 0 heterocycles. The highest BCUT2D eigenvalue weighted by molar-refractivity contribution is 5.70. The van der Waals surface area contributed by atoms with Gasteiger partial charge in [-0.1, -0.05) is 79.1 Å². The SMILES string of the molecule is CCCCCC(=O)OCC(CO)(COCC(CO)(COC(=O)CCCCC)COC(=O)CCCCC)COC(=O)CCCCC. The third kappa shape index (κ3) is 21.2. The Kier molecular flexibility index (Phi) is 25.6. The van der Waals surface area contributed by atoms with Crippen LogP contribution in [0.5, 0.6) is 0 Å². The fourth-order valence-corrected chi connectivity index (χ4v) is 4.31. The van der Waals surface area contributed by atoms with Gasteiger partial charge in [0.25, 0.3) is 0 Å². The predicted molar refractivity (Wildman–Crippen MR) is 170 cm³/mol. The monoisotopic (exact) mass is 646 g/mol. The Morgan fingerprint density at radius 2 is 0.667 bits per heavy atom. The quantitative estimate of drug-likeness (QED) is 0.0581. The highest BCUT2D eigenvalue weighted by Crippen LogP contribution is 2.25. The van der Waals surface area contributed by atoms with Gasteiger partial charge in [-0.3, -0.25) is 19.2 Å². The van der Waals surface area contributed by atoms with Crippen LogP contribution in [0.15, 0.2) is 0 Å². The van der Waals surface area contributed by atoms with Crippen LogP contribution < -0.4 is 0 Å². The molecule has 0 bridgehead atoms. The number of unbranched alkanes of at least 4 members (excludes halogenated alkanes) is 8. The number of aliphatic hydroxyl groups is 2. The molecule has 0 aromatic heterocycles. The van der Waals surface area contributed by atoms with E-state index in [4.69, 9.17) is 23.7 Å². The summed E-state index contributed by atoms with van der Waals surface area (Å²) in [7, 11) is 0. The number of rotatable bonds is 30. The van der Waals surface area contributed by atoms with Crippen LogP contribution in [0.4, 0.5) is 0 Å². The fraction of sp³-hybridized carbons (Fsp3) is 0.882. The molecule has 11 nitrogen and oxygen atoms in total. The molecule has 0 aliphatic rings. The minimum atomic E-state index is -1.27. The first kappa shape index (κ1) is 42.8. The van der Waals surface area contributed by atoms with Crippen LogP contribution in [-0.4, -0.2) is 86.9 Å². The molecule has 0 atom stereocenters. The summed E-state index contributed by atoms with van der Waals surface area (Å²) in [6.45, 7) is 5.69. The number of carbonyl (C=O) groups is 4. The molecule has 0 radical (unpaired) electrons. The zero-order valence-corrected chi connectivity index (χ0v) is 28.5. The Morgan fingerprint density at radius 3 is 0.867 bits per heavy atom. The highest BCUT2D eigenvalue weighted by atomic mass is 16.6. The fourth-order valence-electron chi connectivity index (χ4n) is 4.31. The van der Waals surface area contributed by atoms with E-state index in [1.807, 2.05) is 27.7 Å². The number of hydrogen-bond donors (Lipinski definition) is 2. The van der Waals surface area contributed by atoms with Gasteiger partial charge in [0, 0.05) is 25.7 Å². The molecule has 0 saturated heterocycles. The van der Waals surface area contributed by atoms with Crippen LogP contribution in [0.3, 0.4) is 0 Å². The van der Waals surface area contributed by atoms with E-state index in [2.05, 4.69) is 0 Å². The Hall–Kier alpha value is -2.24. The van der Waals surface area contributed by atoms with E-state index < -0.39 is 47.9 Å². The first-order chi connectivity index (χ1) is 21.6. The van der Waals surface area contributed by atoms with Crippen LogP contribution in [0.25, 0.3) is 0 Å².